The molecule has 0 saturated heterocycles. The number of allylic oxidation sites excluding steroid dienone is 3. The summed E-state index contributed by atoms with van der Waals surface area (Å²) < 4.78 is 0. The van der Waals surface area contributed by atoms with Crippen LogP contribution in [0.3, 0.4) is 0 Å². The average molecular weight is 286 g/mol. The van der Waals surface area contributed by atoms with Crippen molar-refractivity contribution in [3.63, 3.8) is 0 Å². The molecule has 1 heteroatoms. The molecule has 1 unspecified atom stereocenters. The Morgan fingerprint density at radius 1 is 1.10 bits per heavy atom. The van der Waals surface area contributed by atoms with Gasteiger partial charge >= 0.3 is 0 Å². The van der Waals surface area contributed by atoms with Crippen LogP contribution in [0.2, 0.25) is 0 Å². The second-order valence-electron chi connectivity index (χ2n) is 6.30. The van der Waals surface area contributed by atoms with E-state index in [-0.39, 0.29) is 15.9 Å². The number of hydrogen-bond acceptors (Lipinski definition) is 0. The summed E-state index contributed by atoms with van der Waals surface area (Å²) in [5, 5.41) is 2.39. The highest BCUT2D eigenvalue weighted by Crippen LogP contribution is 2.41. The SMILES string of the molecule is CCCC(C)(C)c1ccccc1C1=CC=C(C)C=S1C. The van der Waals surface area contributed by atoms with E-state index in [1.807, 2.05) is 0 Å². The first-order chi connectivity index (χ1) is 9.45. The number of benzene rings is 1. The largest absolute Gasteiger partial charge is 0.157 e. The molecule has 1 aromatic rings. The molecule has 0 aliphatic carbocycles. The van der Waals surface area contributed by atoms with Crippen LogP contribution in [0.4, 0.5) is 0 Å². The van der Waals surface area contributed by atoms with Crippen LogP contribution in [0.5, 0.6) is 0 Å². The van der Waals surface area contributed by atoms with Crippen molar-refractivity contribution < 1.29 is 0 Å². The van der Waals surface area contributed by atoms with Crippen LogP contribution in [0.1, 0.15) is 51.7 Å². The van der Waals surface area contributed by atoms with Gasteiger partial charge < -0.3 is 0 Å². The highest BCUT2D eigenvalue weighted by Gasteiger charge is 2.24. The molecule has 0 N–H and O–H groups in total. The predicted molar refractivity (Wildman–Crippen MR) is 95.7 cm³/mol. The topological polar surface area (TPSA) is 0 Å². The Morgan fingerprint density at radius 3 is 2.45 bits per heavy atom. The van der Waals surface area contributed by atoms with E-state index in [2.05, 4.69) is 75.7 Å². The van der Waals surface area contributed by atoms with Crippen molar-refractivity contribution in [3.05, 3.63) is 53.1 Å². The second-order valence-corrected chi connectivity index (χ2v) is 8.09. The fourth-order valence-electron chi connectivity index (χ4n) is 3.01. The third kappa shape index (κ3) is 3.15. The van der Waals surface area contributed by atoms with Crippen molar-refractivity contribution in [2.45, 2.75) is 46.0 Å². The van der Waals surface area contributed by atoms with Crippen LogP contribution >= 0.6 is 10.5 Å². The average Bonchev–Trinajstić information content (AvgIpc) is 2.39. The lowest BCUT2D eigenvalue weighted by molar-refractivity contribution is 0.472. The lowest BCUT2D eigenvalue weighted by atomic mass is 9.78. The lowest BCUT2D eigenvalue weighted by Gasteiger charge is -2.29. The van der Waals surface area contributed by atoms with Crippen molar-refractivity contribution in [2.24, 2.45) is 0 Å². The molecule has 0 nitrogen and oxygen atoms in total. The van der Waals surface area contributed by atoms with Gasteiger partial charge in [-0.3, -0.25) is 0 Å². The van der Waals surface area contributed by atoms with Crippen molar-refractivity contribution >= 4 is 20.8 Å². The molecule has 0 bridgehead atoms. The Kier molecular flexibility index (Phi) is 4.70. The van der Waals surface area contributed by atoms with Crippen molar-refractivity contribution in [1.29, 1.82) is 0 Å². The molecule has 0 aromatic heterocycles. The van der Waals surface area contributed by atoms with Gasteiger partial charge in [0.2, 0.25) is 0 Å². The van der Waals surface area contributed by atoms with E-state index in [9.17, 15) is 0 Å². The summed E-state index contributed by atoms with van der Waals surface area (Å²) in [5.74, 6) is 0. The maximum atomic E-state index is 2.39. The Bertz CT molecular complexity index is 586. The molecular formula is C19H26S. The van der Waals surface area contributed by atoms with Gasteiger partial charge in [-0.15, -0.1) is 0 Å². The van der Waals surface area contributed by atoms with Gasteiger partial charge in [0.05, 0.1) is 0 Å². The minimum absolute atomic E-state index is 0.210. The summed E-state index contributed by atoms with van der Waals surface area (Å²) in [6, 6.07) is 8.96. The number of hydrogen-bond donors (Lipinski definition) is 0. The molecule has 1 aliphatic heterocycles. The summed E-state index contributed by atoms with van der Waals surface area (Å²) in [7, 11) is 0.210. The summed E-state index contributed by atoms with van der Waals surface area (Å²) in [4.78, 5) is 1.48. The first-order valence-electron chi connectivity index (χ1n) is 7.44. The molecule has 0 fully saturated rings. The molecule has 0 amide bonds. The zero-order valence-electron chi connectivity index (χ0n) is 13.4. The van der Waals surface area contributed by atoms with E-state index in [0.29, 0.717) is 0 Å². The molecule has 1 heterocycles. The molecule has 0 saturated carbocycles. The molecule has 1 aliphatic rings. The van der Waals surface area contributed by atoms with E-state index in [4.69, 9.17) is 0 Å². The first-order valence-corrected chi connectivity index (χ1v) is 9.13. The molecule has 20 heavy (non-hydrogen) atoms. The van der Waals surface area contributed by atoms with E-state index < -0.39 is 0 Å². The van der Waals surface area contributed by atoms with Crippen LogP contribution < -0.4 is 0 Å². The fourth-order valence-corrected chi connectivity index (χ4v) is 4.58. The van der Waals surface area contributed by atoms with E-state index in [1.54, 1.807) is 0 Å². The molecular weight excluding hydrogens is 260 g/mol. The smallest absolute Gasteiger partial charge is 0.00899 e. The Balaban J connectivity index is 2.52. The van der Waals surface area contributed by atoms with Crippen molar-refractivity contribution in [1.82, 2.24) is 0 Å². The Labute approximate surface area is 126 Å². The highest BCUT2D eigenvalue weighted by atomic mass is 32.2. The van der Waals surface area contributed by atoms with Gasteiger partial charge in [-0.05, 0) is 53.2 Å². The van der Waals surface area contributed by atoms with Gasteiger partial charge in [0.1, 0.15) is 0 Å². The second kappa shape index (κ2) is 6.13. The normalized spacial score (nSPS) is 19.1. The lowest BCUT2D eigenvalue weighted by Crippen LogP contribution is -2.18. The van der Waals surface area contributed by atoms with E-state index in [1.165, 1.54) is 34.4 Å². The summed E-state index contributed by atoms with van der Waals surface area (Å²) in [6.45, 7) is 9.20. The minimum atomic E-state index is 0.210. The minimum Gasteiger partial charge on any atom is -0.157 e. The van der Waals surface area contributed by atoms with Gasteiger partial charge in [0.15, 0.2) is 0 Å². The van der Waals surface area contributed by atoms with Gasteiger partial charge in [0.25, 0.3) is 0 Å². The monoisotopic (exact) mass is 286 g/mol. The van der Waals surface area contributed by atoms with Crippen LogP contribution in [0.15, 0.2) is 42.0 Å². The van der Waals surface area contributed by atoms with Gasteiger partial charge in [0, 0.05) is 4.91 Å². The molecule has 1 aromatic carbocycles. The van der Waals surface area contributed by atoms with Gasteiger partial charge in [-0.1, -0.05) is 57.5 Å². The third-order valence-corrected chi connectivity index (χ3v) is 5.78. The van der Waals surface area contributed by atoms with Crippen molar-refractivity contribution in [3.8, 4) is 0 Å². The number of rotatable bonds is 4. The predicted octanol–water partition coefficient (Wildman–Crippen LogP) is 5.77. The standard InChI is InChI=1S/C19H26S/c1-6-13-19(3,4)17-10-8-7-9-16(17)18-12-11-15(2)14-20(18)5/h7-12,14H,6,13H2,1-5H3. The maximum Gasteiger partial charge on any atom is 0.00899 e. The summed E-state index contributed by atoms with van der Waals surface area (Å²) in [5.41, 5.74) is 4.56. The van der Waals surface area contributed by atoms with E-state index in [0.717, 1.165) is 0 Å². The zero-order chi connectivity index (χ0) is 14.8. The fraction of sp³-hybridized carbons (Fsp3) is 0.421. The molecule has 2 rings (SSSR count). The highest BCUT2D eigenvalue weighted by molar-refractivity contribution is 8.22. The molecule has 0 spiro atoms. The summed E-state index contributed by atoms with van der Waals surface area (Å²) >= 11 is 0. The quantitative estimate of drug-likeness (QED) is 0.617. The van der Waals surface area contributed by atoms with Crippen LogP contribution in [-0.2, 0) is 5.41 Å². The van der Waals surface area contributed by atoms with Crippen molar-refractivity contribution in [2.75, 3.05) is 6.26 Å². The summed E-state index contributed by atoms with van der Waals surface area (Å²) in [6.07, 6.45) is 9.34. The first kappa shape index (κ1) is 15.3. The van der Waals surface area contributed by atoms with Gasteiger partial charge in [-0.25, -0.2) is 0 Å². The third-order valence-electron chi connectivity index (χ3n) is 4.00. The Hall–Kier alpha value is -1.08. The maximum absolute atomic E-state index is 2.39. The molecule has 1 atom stereocenters. The van der Waals surface area contributed by atoms with E-state index >= 15 is 0 Å². The molecule has 0 radical (unpaired) electrons. The zero-order valence-corrected chi connectivity index (χ0v) is 14.2. The van der Waals surface area contributed by atoms with Crippen LogP contribution in [0, 0.1) is 0 Å². The van der Waals surface area contributed by atoms with Crippen LogP contribution in [-0.4, -0.2) is 11.6 Å². The Morgan fingerprint density at radius 2 is 1.80 bits per heavy atom. The van der Waals surface area contributed by atoms with Gasteiger partial charge in [-0.2, -0.15) is 10.5 Å². The molecule has 108 valence electrons. The van der Waals surface area contributed by atoms with Crippen LogP contribution in [0.25, 0.3) is 4.91 Å².